The number of urea groups is 1. The Hall–Kier alpha value is -3.87. The van der Waals surface area contributed by atoms with Crippen molar-refractivity contribution >= 4 is 11.9 Å². The summed E-state index contributed by atoms with van der Waals surface area (Å²) in [6.45, 7) is 0.352. The van der Waals surface area contributed by atoms with Crippen molar-refractivity contribution in [2.75, 3.05) is 0 Å². The van der Waals surface area contributed by atoms with E-state index in [9.17, 15) is 14.8 Å². The van der Waals surface area contributed by atoms with Crippen molar-refractivity contribution in [1.82, 2.24) is 15.4 Å². The fourth-order valence-corrected chi connectivity index (χ4v) is 2.73. The van der Waals surface area contributed by atoms with Gasteiger partial charge in [-0.15, -0.1) is 0 Å². The number of pyridine rings is 1. The average Bonchev–Trinajstić information content (AvgIpc) is 2.75. The van der Waals surface area contributed by atoms with Gasteiger partial charge in [0.25, 0.3) is 5.91 Å². The number of rotatable bonds is 6. The molecule has 0 aliphatic heterocycles. The van der Waals surface area contributed by atoms with E-state index < -0.39 is 18.0 Å². The first-order valence-electron chi connectivity index (χ1n) is 9.18. The van der Waals surface area contributed by atoms with E-state index in [-0.39, 0.29) is 0 Å². The molecule has 2 aromatic carbocycles. The number of hydrogen-bond donors (Lipinski definition) is 3. The molecule has 0 radical (unpaired) electrons. The van der Waals surface area contributed by atoms with Crippen LogP contribution in [0.25, 0.3) is 0 Å². The Balaban J connectivity index is 1.71. The summed E-state index contributed by atoms with van der Waals surface area (Å²) in [6.07, 6.45) is 3.06. The van der Waals surface area contributed by atoms with Crippen LogP contribution in [0.1, 0.15) is 11.1 Å². The molecule has 7 nitrogen and oxygen atoms in total. The van der Waals surface area contributed by atoms with Gasteiger partial charge < -0.3 is 15.8 Å². The predicted molar refractivity (Wildman–Crippen MR) is 108 cm³/mol. The second-order valence-corrected chi connectivity index (χ2v) is 6.44. The lowest BCUT2D eigenvalue weighted by molar-refractivity contribution is -0.119. The van der Waals surface area contributed by atoms with Crippen molar-refractivity contribution < 1.29 is 14.8 Å². The van der Waals surface area contributed by atoms with Gasteiger partial charge in [0, 0.05) is 25.4 Å². The van der Waals surface area contributed by atoms with Crippen LogP contribution in [-0.2, 0) is 17.8 Å². The summed E-state index contributed by atoms with van der Waals surface area (Å²) in [5, 5.41) is 15.2. The molecule has 0 aliphatic rings. The molecule has 29 heavy (non-hydrogen) atoms. The summed E-state index contributed by atoms with van der Waals surface area (Å²) < 4.78 is 0.861. The third-order valence-electron chi connectivity index (χ3n) is 4.22. The summed E-state index contributed by atoms with van der Waals surface area (Å²) in [4.78, 5) is 29.2. The van der Waals surface area contributed by atoms with Crippen LogP contribution in [0.15, 0.2) is 90.2 Å². The van der Waals surface area contributed by atoms with Gasteiger partial charge in [-0.3, -0.25) is 4.79 Å². The van der Waals surface area contributed by atoms with E-state index in [0.29, 0.717) is 18.3 Å². The highest BCUT2D eigenvalue weighted by Gasteiger charge is 2.20. The van der Waals surface area contributed by atoms with Gasteiger partial charge >= 0.3 is 6.03 Å². The number of carbonyl (C=O) groups excluding carboxylic acids is 2. The lowest BCUT2D eigenvalue weighted by atomic mass is 10.1. The van der Waals surface area contributed by atoms with Crippen LogP contribution in [0.2, 0.25) is 0 Å². The fourth-order valence-electron chi connectivity index (χ4n) is 2.73. The first-order valence-corrected chi connectivity index (χ1v) is 9.18. The molecular formula is C22H22N4O3. The quantitative estimate of drug-likeness (QED) is 0.564. The molecule has 7 heteroatoms. The molecule has 3 rings (SSSR count). The van der Waals surface area contributed by atoms with Gasteiger partial charge in [0.05, 0.1) is 5.36 Å². The van der Waals surface area contributed by atoms with E-state index in [1.807, 2.05) is 60.7 Å². The maximum atomic E-state index is 12.7. The lowest BCUT2D eigenvalue weighted by Gasteiger charge is -2.16. The Labute approximate surface area is 168 Å². The Morgan fingerprint density at radius 1 is 0.897 bits per heavy atom. The summed E-state index contributed by atoms with van der Waals surface area (Å²) in [6, 6.07) is 20.7. The smallest absolute Gasteiger partial charge is 0.315 e. The van der Waals surface area contributed by atoms with E-state index >= 15 is 0 Å². The average molecular weight is 390 g/mol. The van der Waals surface area contributed by atoms with Crippen molar-refractivity contribution in [2.45, 2.75) is 19.0 Å². The molecule has 0 aliphatic carbocycles. The Bertz CT molecular complexity index is 996. The lowest BCUT2D eigenvalue weighted by Crippen LogP contribution is -2.46. The second-order valence-electron chi connectivity index (χ2n) is 6.44. The molecule has 1 aromatic heterocycles. The molecule has 3 N–H and O–H groups in total. The molecule has 148 valence electrons. The summed E-state index contributed by atoms with van der Waals surface area (Å²) in [7, 11) is 0. The molecule has 1 heterocycles. The summed E-state index contributed by atoms with van der Waals surface area (Å²) >= 11 is 0. The van der Waals surface area contributed by atoms with Crippen molar-refractivity contribution in [3.63, 3.8) is 0 Å². The molecule has 0 saturated carbocycles. The Morgan fingerprint density at radius 2 is 1.48 bits per heavy atom. The molecule has 0 bridgehead atoms. The number of benzene rings is 2. The SMILES string of the molecule is O=C(NCc1ccccc1)N[C@@H](Cc1ccccc1)C(=O)N=c1ccn(O)cc1. The fraction of sp³-hybridized carbons (Fsp3) is 0.136. The molecule has 3 amide bonds. The molecule has 3 aromatic rings. The van der Waals surface area contributed by atoms with Crippen molar-refractivity contribution in [2.24, 2.45) is 4.99 Å². The molecule has 0 fully saturated rings. The van der Waals surface area contributed by atoms with Gasteiger partial charge in [0.2, 0.25) is 0 Å². The van der Waals surface area contributed by atoms with Crippen molar-refractivity contribution in [3.05, 3.63) is 102 Å². The van der Waals surface area contributed by atoms with Gasteiger partial charge in [-0.05, 0) is 23.3 Å². The molecule has 0 spiro atoms. The van der Waals surface area contributed by atoms with Gasteiger partial charge in [0.1, 0.15) is 6.04 Å². The van der Waals surface area contributed by atoms with Crippen LogP contribution in [0.3, 0.4) is 0 Å². The van der Waals surface area contributed by atoms with Gasteiger partial charge in [-0.1, -0.05) is 60.7 Å². The maximum Gasteiger partial charge on any atom is 0.315 e. The van der Waals surface area contributed by atoms with Crippen LogP contribution >= 0.6 is 0 Å². The number of nitrogens with one attached hydrogen (secondary N) is 2. The molecule has 0 unspecified atom stereocenters. The van der Waals surface area contributed by atoms with E-state index in [0.717, 1.165) is 15.9 Å². The summed E-state index contributed by atoms with van der Waals surface area (Å²) in [5.74, 6) is -0.473. The van der Waals surface area contributed by atoms with E-state index in [1.54, 1.807) is 0 Å². The van der Waals surface area contributed by atoms with Crippen molar-refractivity contribution in [3.8, 4) is 0 Å². The monoisotopic (exact) mass is 390 g/mol. The van der Waals surface area contributed by atoms with E-state index in [4.69, 9.17) is 0 Å². The van der Waals surface area contributed by atoms with Crippen LogP contribution < -0.4 is 16.0 Å². The summed E-state index contributed by atoms with van der Waals surface area (Å²) in [5.41, 5.74) is 1.87. The first kappa shape index (κ1) is 19.9. The van der Waals surface area contributed by atoms with Crippen molar-refractivity contribution in [1.29, 1.82) is 0 Å². The third-order valence-corrected chi connectivity index (χ3v) is 4.22. The van der Waals surface area contributed by atoms with Gasteiger partial charge in [0.15, 0.2) is 0 Å². The largest absolute Gasteiger partial charge is 0.429 e. The number of hydrogen-bond acceptors (Lipinski definition) is 3. The highest BCUT2D eigenvalue weighted by Crippen LogP contribution is 2.05. The zero-order valence-electron chi connectivity index (χ0n) is 15.7. The molecular weight excluding hydrogens is 368 g/mol. The maximum absolute atomic E-state index is 12.7. The Morgan fingerprint density at radius 3 is 2.10 bits per heavy atom. The van der Waals surface area contributed by atoms with Gasteiger partial charge in [-0.2, -0.15) is 0 Å². The van der Waals surface area contributed by atoms with Crippen LogP contribution in [0.4, 0.5) is 4.79 Å². The minimum absolute atomic E-state index is 0.314. The predicted octanol–water partition coefficient (Wildman–Crippen LogP) is 2.26. The van der Waals surface area contributed by atoms with Crippen LogP contribution in [-0.4, -0.2) is 27.9 Å². The van der Waals surface area contributed by atoms with E-state index in [2.05, 4.69) is 15.6 Å². The third kappa shape index (κ3) is 6.35. The number of amides is 3. The van der Waals surface area contributed by atoms with Crippen LogP contribution in [0.5, 0.6) is 0 Å². The zero-order chi connectivity index (χ0) is 20.5. The number of aromatic nitrogens is 1. The topological polar surface area (TPSA) is 95.7 Å². The molecule has 0 saturated heterocycles. The van der Waals surface area contributed by atoms with E-state index in [1.165, 1.54) is 24.5 Å². The first-order chi connectivity index (χ1) is 14.1. The molecule has 1 atom stereocenters. The highest BCUT2D eigenvalue weighted by atomic mass is 16.5. The standard InChI is InChI=1S/C22H22N4O3/c27-21(24-19-11-13-26(29)14-12-19)20(15-17-7-3-1-4-8-17)25-22(28)23-16-18-9-5-2-6-10-18/h1-14,20,29H,15-16H2,(H2,23,25,28)/t20-/m0/s1. The number of nitrogens with zero attached hydrogens (tertiary/aromatic N) is 2. The highest BCUT2D eigenvalue weighted by molar-refractivity contribution is 5.87. The van der Waals surface area contributed by atoms with Gasteiger partial charge in [-0.25, -0.2) is 14.5 Å². The normalized spacial score (nSPS) is 11.3. The number of carbonyl (C=O) groups is 2. The second kappa shape index (κ2) is 9.89. The minimum Gasteiger partial charge on any atom is -0.429 e. The minimum atomic E-state index is -0.824. The Kier molecular flexibility index (Phi) is 6.78. The zero-order valence-corrected chi connectivity index (χ0v) is 15.7. The van der Waals surface area contributed by atoms with Crippen LogP contribution in [0, 0.1) is 0 Å².